The first-order valence-electron chi connectivity index (χ1n) is 7.44. The molecule has 1 aliphatic carbocycles. The van der Waals surface area contributed by atoms with Crippen LogP contribution in [0.3, 0.4) is 0 Å². The first-order chi connectivity index (χ1) is 9.25. The number of primary amides is 1. The molecule has 1 fully saturated rings. The summed E-state index contributed by atoms with van der Waals surface area (Å²) >= 11 is 0. The average molecular weight is 315 g/mol. The van der Waals surface area contributed by atoms with Crippen LogP contribution in [0.1, 0.15) is 47.5 Å². The van der Waals surface area contributed by atoms with Crippen LogP contribution < -0.4 is 5.73 Å². The third-order valence-electron chi connectivity index (χ3n) is 4.73. The zero-order valence-corrected chi connectivity index (χ0v) is 15.3. The topological polar surface area (TPSA) is 78.6 Å². The molecule has 6 heteroatoms. The van der Waals surface area contributed by atoms with E-state index in [9.17, 15) is 9.59 Å². The van der Waals surface area contributed by atoms with Crippen molar-refractivity contribution in [2.45, 2.75) is 71.7 Å². The predicted molar refractivity (Wildman–Crippen MR) is 84.3 cm³/mol. The normalized spacial score (nSPS) is 25.7. The van der Waals surface area contributed by atoms with Crippen LogP contribution in [-0.4, -0.2) is 26.5 Å². The van der Waals surface area contributed by atoms with Gasteiger partial charge in [-0.25, -0.2) is 4.79 Å². The van der Waals surface area contributed by atoms with E-state index in [1.54, 1.807) is 0 Å². The van der Waals surface area contributed by atoms with Crippen LogP contribution in [0, 0.1) is 11.3 Å². The molecule has 0 aromatic carbocycles. The number of rotatable bonds is 3. The number of amides is 1. The second-order valence-corrected chi connectivity index (χ2v) is 13.1. The smallest absolute Gasteiger partial charge is 0.412 e. The van der Waals surface area contributed by atoms with Crippen LogP contribution in [0.4, 0.5) is 4.79 Å². The molecule has 0 bridgehead atoms. The Kier molecular flexibility index (Phi) is 4.95. The number of carbonyl (C=O) groups excluding carboxylic acids is 2. The first-order valence-corrected chi connectivity index (χ1v) is 10.3. The molecule has 1 saturated carbocycles. The lowest BCUT2D eigenvalue weighted by molar-refractivity contribution is -0.144. The van der Waals surface area contributed by atoms with Gasteiger partial charge in [0, 0.05) is 0 Å². The molecule has 0 saturated heterocycles. The molecular formula is C15H29NO4Si. The van der Waals surface area contributed by atoms with Gasteiger partial charge in [-0.15, -0.1) is 0 Å². The van der Waals surface area contributed by atoms with E-state index in [0.29, 0.717) is 6.42 Å². The first kappa shape index (κ1) is 18.2. The van der Waals surface area contributed by atoms with Gasteiger partial charge in [-0.1, -0.05) is 34.6 Å². The summed E-state index contributed by atoms with van der Waals surface area (Å²) in [4.78, 5) is 22.9. The Hall–Kier alpha value is -0.883. The van der Waals surface area contributed by atoms with Gasteiger partial charge in [0.1, 0.15) is 0 Å². The van der Waals surface area contributed by atoms with Gasteiger partial charge in [0.05, 0.1) is 12.0 Å². The van der Waals surface area contributed by atoms with E-state index in [4.69, 9.17) is 10.2 Å². The standard InChI is InChI=1S/C15H29NO4Si/c1-14(2,3)21(6,7)20-11-9-15(4,5)8-10(11)12(17)19-13(16)18/h10-11H,8-9H2,1-7H3,(H2,16,18)/t10-,11-/m0/s1. The average Bonchev–Trinajstić information content (AvgIpc) is 2.50. The molecule has 0 aromatic rings. The second-order valence-electron chi connectivity index (χ2n) is 8.34. The summed E-state index contributed by atoms with van der Waals surface area (Å²) in [5, 5.41) is 0.0673. The third kappa shape index (κ3) is 4.54. The molecule has 21 heavy (non-hydrogen) atoms. The highest BCUT2D eigenvalue weighted by Gasteiger charge is 2.49. The Morgan fingerprint density at radius 1 is 1.19 bits per heavy atom. The summed E-state index contributed by atoms with van der Waals surface area (Å²) in [5.74, 6) is -0.974. The molecule has 0 unspecified atom stereocenters. The number of hydrogen-bond donors (Lipinski definition) is 1. The van der Waals surface area contributed by atoms with Gasteiger partial charge in [0.15, 0.2) is 8.32 Å². The molecule has 0 spiro atoms. The minimum atomic E-state index is -1.98. The number of hydrogen-bond acceptors (Lipinski definition) is 4. The highest BCUT2D eigenvalue weighted by molar-refractivity contribution is 6.74. The van der Waals surface area contributed by atoms with Crippen LogP contribution >= 0.6 is 0 Å². The van der Waals surface area contributed by atoms with Crippen LogP contribution in [0.15, 0.2) is 0 Å². The maximum absolute atomic E-state index is 12.1. The monoisotopic (exact) mass is 315 g/mol. The largest absolute Gasteiger partial charge is 0.413 e. The molecule has 0 heterocycles. The number of nitrogens with two attached hydrogens (primary N) is 1. The maximum Gasteiger partial charge on any atom is 0.412 e. The Morgan fingerprint density at radius 3 is 2.14 bits per heavy atom. The number of esters is 1. The molecule has 122 valence electrons. The summed E-state index contributed by atoms with van der Waals surface area (Å²) in [6, 6.07) is 0. The van der Waals surface area contributed by atoms with E-state index >= 15 is 0 Å². The molecule has 2 N–H and O–H groups in total. The number of carbonyl (C=O) groups is 2. The quantitative estimate of drug-likeness (QED) is 0.491. The Bertz CT molecular complexity index is 426. The summed E-state index contributed by atoms with van der Waals surface area (Å²) < 4.78 is 11.0. The molecule has 0 aliphatic heterocycles. The molecule has 0 radical (unpaired) electrons. The van der Waals surface area contributed by atoms with E-state index < -0.39 is 26.3 Å². The van der Waals surface area contributed by atoms with Gasteiger partial charge in [-0.3, -0.25) is 4.79 Å². The van der Waals surface area contributed by atoms with Crippen LogP contribution in [0.2, 0.25) is 18.1 Å². The van der Waals surface area contributed by atoms with E-state index in [1.807, 2.05) is 0 Å². The highest BCUT2D eigenvalue weighted by atomic mass is 28.4. The molecule has 5 nitrogen and oxygen atoms in total. The fourth-order valence-electron chi connectivity index (χ4n) is 2.59. The van der Waals surface area contributed by atoms with Crippen LogP contribution in [-0.2, 0) is 14.0 Å². The lowest BCUT2D eigenvalue weighted by Gasteiger charge is -2.39. The number of ether oxygens (including phenoxy) is 1. The van der Waals surface area contributed by atoms with E-state index in [2.05, 4.69) is 52.4 Å². The summed E-state index contributed by atoms with van der Waals surface area (Å²) in [5.41, 5.74) is 4.95. The minimum absolute atomic E-state index is 0.00559. The molecular weight excluding hydrogens is 286 g/mol. The van der Waals surface area contributed by atoms with Gasteiger partial charge < -0.3 is 14.9 Å². The fourth-order valence-corrected chi connectivity index (χ4v) is 3.94. The van der Waals surface area contributed by atoms with Crippen molar-refractivity contribution in [1.82, 2.24) is 0 Å². The predicted octanol–water partition coefficient (Wildman–Crippen LogP) is 3.43. The van der Waals surface area contributed by atoms with Gasteiger partial charge >= 0.3 is 12.1 Å². The Morgan fingerprint density at radius 2 is 1.71 bits per heavy atom. The lowest BCUT2D eigenvalue weighted by atomic mass is 9.91. The van der Waals surface area contributed by atoms with E-state index in [1.165, 1.54) is 0 Å². The van der Waals surface area contributed by atoms with Crippen LogP contribution in [0.25, 0.3) is 0 Å². The van der Waals surface area contributed by atoms with Crippen molar-refractivity contribution in [3.8, 4) is 0 Å². The van der Waals surface area contributed by atoms with Crippen molar-refractivity contribution in [2.24, 2.45) is 17.1 Å². The van der Waals surface area contributed by atoms with Crippen molar-refractivity contribution in [1.29, 1.82) is 0 Å². The van der Waals surface area contributed by atoms with Crippen molar-refractivity contribution in [3.63, 3.8) is 0 Å². The fraction of sp³-hybridized carbons (Fsp3) is 0.867. The van der Waals surface area contributed by atoms with Gasteiger partial charge in [-0.05, 0) is 36.4 Å². The van der Waals surface area contributed by atoms with Crippen molar-refractivity contribution in [2.75, 3.05) is 0 Å². The molecule has 1 rings (SSSR count). The van der Waals surface area contributed by atoms with Gasteiger partial charge in [0.25, 0.3) is 0 Å². The van der Waals surface area contributed by atoms with E-state index in [0.717, 1.165) is 6.42 Å². The summed E-state index contributed by atoms with van der Waals surface area (Å²) in [6.45, 7) is 15.0. The van der Waals surface area contributed by atoms with Crippen LogP contribution in [0.5, 0.6) is 0 Å². The second kappa shape index (κ2) is 5.72. The van der Waals surface area contributed by atoms with Crippen molar-refractivity contribution in [3.05, 3.63) is 0 Å². The zero-order chi connectivity index (χ0) is 16.6. The van der Waals surface area contributed by atoms with E-state index in [-0.39, 0.29) is 16.6 Å². The molecule has 2 atom stereocenters. The van der Waals surface area contributed by atoms with Crippen molar-refractivity contribution >= 4 is 20.4 Å². The minimum Gasteiger partial charge on any atom is -0.413 e. The Balaban J connectivity index is 2.92. The van der Waals surface area contributed by atoms with Crippen molar-refractivity contribution < 1.29 is 18.8 Å². The lowest BCUT2D eigenvalue weighted by Crippen LogP contribution is -2.46. The molecule has 1 amide bonds. The molecule has 0 aromatic heterocycles. The van der Waals surface area contributed by atoms with Gasteiger partial charge in [-0.2, -0.15) is 0 Å². The maximum atomic E-state index is 12.1. The zero-order valence-electron chi connectivity index (χ0n) is 14.3. The third-order valence-corrected chi connectivity index (χ3v) is 9.24. The SMILES string of the molecule is CC1(C)C[C@H](O[Si](C)(C)C(C)(C)C)[C@@H](C(=O)OC(N)=O)C1. The Labute approximate surface area is 128 Å². The molecule has 1 aliphatic rings. The summed E-state index contributed by atoms with van der Waals surface area (Å²) in [6.07, 6.45) is 0.194. The van der Waals surface area contributed by atoms with Gasteiger partial charge in [0.2, 0.25) is 0 Å². The highest BCUT2D eigenvalue weighted by Crippen LogP contribution is 2.47. The summed E-state index contributed by atoms with van der Waals surface area (Å²) in [7, 11) is -1.98.